The monoisotopic (exact) mass is 189 g/mol. The Labute approximate surface area is 47.4 Å². The molecule has 0 spiro atoms. The Balaban J connectivity index is 0. The van der Waals surface area contributed by atoms with Crippen molar-refractivity contribution in [1.29, 1.82) is 0 Å². The van der Waals surface area contributed by atoms with Gasteiger partial charge in [-0.1, -0.05) is 0 Å². The summed E-state index contributed by atoms with van der Waals surface area (Å²) >= 11 is -2.61. The van der Waals surface area contributed by atoms with E-state index in [4.69, 9.17) is 13.3 Å². The van der Waals surface area contributed by atoms with Crippen LogP contribution >= 0.6 is 0 Å². The molecule has 0 amide bonds. The predicted octanol–water partition coefficient (Wildman–Crippen LogP) is -0.321. The minimum absolute atomic E-state index is 0. The standard InChI is InChI=1S/Ag.H2O3S/c;1-4(2)3/h;(H2,1,2,3). The van der Waals surface area contributed by atoms with E-state index in [1.54, 1.807) is 0 Å². The summed E-state index contributed by atoms with van der Waals surface area (Å²) in [7, 11) is 0. The van der Waals surface area contributed by atoms with Crippen LogP contribution in [0.2, 0.25) is 0 Å². The van der Waals surface area contributed by atoms with Crippen LogP contribution in [-0.4, -0.2) is 13.3 Å². The van der Waals surface area contributed by atoms with Crippen LogP contribution in [-0.2, 0) is 33.7 Å². The Morgan fingerprint density at radius 1 is 1.40 bits per heavy atom. The molecule has 0 aromatic carbocycles. The second kappa shape index (κ2) is 4.81. The van der Waals surface area contributed by atoms with Crippen LogP contribution in [0.15, 0.2) is 0 Å². The van der Waals surface area contributed by atoms with Gasteiger partial charge in [0.25, 0.3) is 11.4 Å². The quantitative estimate of drug-likeness (QED) is 0.406. The summed E-state index contributed by atoms with van der Waals surface area (Å²) in [4.78, 5) is 0. The third-order valence-corrected chi connectivity index (χ3v) is 0. The fourth-order valence-electron chi connectivity index (χ4n) is 0. The molecule has 0 atom stereocenters. The van der Waals surface area contributed by atoms with Crippen LogP contribution in [0.3, 0.4) is 0 Å². The largest absolute Gasteiger partial charge is 0.299 e. The molecule has 0 aromatic rings. The molecule has 1 radical (unpaired) electrons. The molecule has 5 heavy (non-hydrogen) atoms. The molecule has 0 saturated heterocycles. The molecule has 37 valence electrons. The van der Waals surface area contributed by atoms with Gasteiger partial charge in [-0.2, -0.15) is 4.21 Å². The molecule has 0 heterocycles. The van der Waals surface area contributed by atoms with Crippen molar-refractivity contribution in [3.8, 4) is 0 Å². The molecule has 0 aliphatic carbocycles. The normalized spacial score (nSPS) is 7.00. The Morgan fingerprint density at radius 3 is 1.40 bits per heavy atom. The summed E-state index contributed by atoms with van der Waals surface area (Å²) < 4.78 is 22.8. The van der Waals surface area contributed by atoms with Crippen LogP contribution in [0.25, 0.3) is 0 Å². The van der Waals surface area contributed by atoms with Gasteiger partial charge in [0, 0.05) is 22.4 Å². The zero-order chi connectivity index (χ0) is 3.58. The molecule has 3 nitrogen and oxygen atoms in total. The number of hydrogen-bond donors (Lipinski definition) is 2. The average molecular weight is 190 g/mol. The molecule has 0 aliphatic heterocycles. The molecule has 2 N–H and O–H groups in total. The average Bonchev–Trinajstić information content (AvgIpc) is 0.811. The minimum atomic E-state index is -2.61. The van der Waals surface area contributed by atoms with E-state index >= 15 is 0 Å². The van der Waals surface area contributed by atoms with E-state index in [1.807, 2.05) is 0 Å². The maximum atomic E-state index is 8.67. The topological polar surface area (TPSA) is 57.5 Å². The van der Waals surface area contributed by atoms with E-state index in [2.05, 4.69) is 0 Å². The zero-order valence-corrected chi connectivity index (χ0v) is 4.31. The SMILES string of the molecule is O=S(O)O.[Ag]. The first-order valence-corrected chi connectivity index (χ1v) is 1.60. The van der Waals surface area contributed by atoms with Crippen molar-refractivity contribution in [3.05, 3.63) is 0 Å². The predicted molar refractivity (Wildman–Crippen MR) is 13.4 cm³/mol. The van der Waals surface area contributed by atoms with Crippen LogP contribution in [0, 0.1) is 0 Å². The van der Waals surface area contributed by atoms with Crippen molar-refractivity contribution in [2.24, 2.45) is 0 Å². The van der Waals surface area contributed by atoms with Gasteiger partial charge < -0.3 is 0 Å². The first-order chi connectivity index (χ1) is 1.73. The molecule has 0 fully saturated rings. The Morgan fingerprint density at radius 2 is 1.40 bits per heavy atom. The second-order valence-corrected chi connectivity index (χ2v) is 0.692. The van der Waals surface area contributed by atoms with Crippen molar-refractivity contribution < 1.29 is 35.7 Å². The van der Waals surface area contributed by atoms with Gasteiger partial charge in [-0.3, -0.25) is 9.11 Å². The van der Waals surface area contributed by atoms with Crippen LogP contribution in [0.4, 0.5) is 0 Å². The van der Waals surface area contributed by atoms with E-state index in [9.17, 15) is 0 Å². The molecule has 0 rings (SSSR count). The number of rotatable bonds is 0. The van der Waals surface area contributed by atoms with E-state index in [0.717, 1.165) is 0 Å². The van der Waals surface area contributed by atoms with Gasteiger partial charge in [-0.15, -0.1) is 0 Å². The third-order valence-electron chi connectivity index (χ3n) is 0. The van der Waals surface area contributed by atoms with Crippen molar-refractivity contribution in [2.75, 3.05) is 0 Å². The van der Waals surface area contributed by atoms with E-state index in [1.165, 1.54) is 0 Å². The fourth-order valence-corrected chi connectivity index (χ4v) is 0. The van der Waals surface area contributed by atoms with Crippen LogP contribution < -0.4 is 0 Å². The van der Waals surface area contributed by atoms with Gasteiger partial charge in [0.05, 0.1) is 0 Å². The van der Waals surface area contributed by atoms with Crippen LogP contribution in [0.5, 0.6) is 0 Å². The number of hydrogen-bond acceptors (Lipinski definition) is 1. The molecule has 0 unspecified atom stereocenters. The maximum Gasteiger partial charge on any atom is 0.299 e. The smallest absolute Gasteiger partial charge is 0.284 e. The summed E-state index contributed by atoms with van der Waals surface area (Å²) in [5, 5.41) is 0. The van der Waals surface area contributed by atoms with Gasteiger partial charge >= 0.3 is 0 Å². The van der Waals surface area contributed by atoms with Gasteiger partial charge in [0.15, 0.2) is 0 Å². The molecule has 0 saturated carbocycles. The maximum absolute atomic E-state index is 8.67. The molecule has 0 bridgehead atoms. The van der Waals surface area contributed by atoms with Gasteiger partial charge in [0.2, 0.25) is 0 Å². The van der Waals surface area contributed by atoms with Crippen LogP contribution in [0.1, 0.15) is 0 Å². The van der Waals surface area contributed by atoms with Gasteiger partial charge in [-0.05, 0) is 0 Å². The van der Waals surface area contributed by atoms with Gasteiger partial charge in [0.1, 0.15) is 0 Å². The molecule has 0 aromatic heterocycles. The molecular weight excluding hydrogens is 188 g/mol. The second-order valence-electron chi connectivity index (χ2n) is 0.231. The first kappa shape index (κ1) is 9.26. The Bertz CT molecular complexity index is 29.9. The Hall–Kier alpha value is 0.810. The molecule has 0 aliphatic rings. The van der Waals surface area contributed by atoms with E-state index in [0.29, 0.717) is 0 Å². The van der Waals surface area contributed by atoms with Crippen molar-refractivity contribution in [3.63, 3.8) is 0 Å². The third kappa shape index (κ3) is 57.9. The first-order valence-electron chi connectivity index (χ1n) is 0.532. The summed E-state index contributed by atoms with van der Waals surface area (Å²) in [5.74, 6) is 0. The summed E-state index contributed by atoms with van der Waals surface area (Å²) in [6, 6.07) is 0. The fraction of sp³-hybridized carbons (Fsp3) is 0. The molecular formula is H2AgO3S. The zero-order valence-electron chi connectivity index (χ0n) is 2.01. The van der Waals surface area contributed by atoms with Crippen molar-refractivity contribution in [2.45, 2.75) is 0 Å². The summed E-state index contributed by atoms with van der Waals surface area (Å²) in [6.07, 6.45) is 0. The molecule has 5 heteroatoms. The van der Waals surface area contributed by atoms with Crippen molar-refractivity contribution in [1.82, 2.24) is 0 Å². The minimum Gasteiger partial charge on any atom is -0.284 e. The summed E-state index contributed by atoms with van der Waals surface area (Å²) in [6.45, 7) is 0. The van der Waals surface area contributed by atoms with E-state index < -0.39 is 11.4 Å². The van der Waals surface area contributed by atoms with Crippen molar-refractivity contribution >= 4 is 11.4 Å². The van der Waals surface area contributed by atoms with E-state index in [-0.39, 0.29) is 22.4 Å². The Kier molecular flexibility index (Phi) is 8.91. The summed E-state index contributed by atoms with van der Waals surface area (Å²) in [5.41, 5.74) is 0. The van der Waals surface area contributed by atoms with Gasteiger partial charge in [-0.25, -0.2) is 0 Å².